The predicted molar refractivity (Wildman–Crippen MR) is 41.4 cm³/mol. The van der Waals surface area contributed by atoms with Gasteiger partial charge in [0.15, 0.2) is 0 Å². The molecule has 2 heteroatoms. The molecular formula is C9H6NZn. The Morgan fingerprint density at radius 2 is 1.91 bits per heavy atom. The van der Waals surface area contributed by atoms with Crippen molar-refractivity contribution in [1.82, 2.24) is 4.98 Å². The van der Waals surface area contributed by atoms with Crippen LogP contribution in [0.5, 0.6) is 0 Å². The van der Waals surface area contributed by atoms with Crippen molar-refractivity contribution in [2.24, 2.45) is 0 Å². The first-order chi connectivity index (χ1) is 5.38. The molecule has 0 aliphatic rings. The van der Waals surface area contributed by atoms with Crippen LogP contribution in [0.15, 0.2) is 36.5 Å². The number of nitrogens with zero attached hydrogens (tertiary/aromatic N) is 1. The molecular weight excluding hydrogens is 187 g/mol. The standard InChI is InChI=1S/C9H6N.Zn/c1-2-6-9-8(4-1)5-3-7-10-9;/h1-5,7H;. The third-order valence-corrected chi connectivity index (χ3v) is 2.91. The number of rotatable bonds is 0. The molecule has 0 aliphatic heterocycles. The molecule has 49 valence electrons. The van der Waals surface area contributed by atoms with Crippen molar-refractivity contribution in [2.45, 2.75) is 0 Å². The molecule has 0 aliphatic carbocycles. The minimum absolute atomic E-state index is 1.16. The molecule has 0 radical (unpaired) electrons. The number of pyridine rings is 1. The van der Waals surface area contributed by atoms with E-state index in [-0.39, 0.29) is 0 Å². The molecule has 0 saturated carbocycles. The summed E-state index contributed by atoms with van der Waals surface area (Å²) in [7, 11) is 0. The van der Waals surface area contributed by atoms with Crippen LogP contribution in [0, 0.1) is 0 Å². The maximum atomic E-state index is 4.31. The van der Waals surface area contributed by atoms with Crippen LogP contribution < -0.4 is 4.16 Å². The van der Waals surface area contributed by atoms with Crippen LogP contribution in [0.3, 0.4) is 0 Å². The molecule has 0 bridgehead atoms. The number of benzene rings is 1. The number of hydrogen-bond acceptors (Lipinski definition) is 1. The van der Waals surface area contributed by atoms with Gasteiger partial charge in [-0.25, -0.2) is 0 Å². The van der Waals surface area contributed by atoms with Gasteiger partial charge in [0.05, 0.1) is 0 Å². The van der Waals surface area contributed by atoms with Gasteiger partial charge in [-0.05, 0) is 0 Å². The minimum atomic E-state index is 1.16. The fourth-order valence-corrected chi connectivity index (χ4v) is 2.07. The van der Waals surface area contributed by atoms with Crippen molar-refractivity contribution in [3.8, 4) is 0 Å². The summed E-state index contributed by atoms with van der Waals surface area (Å²) < 4.78 is 1.36. The fourth-order valence-electron chi connectivity index (χ4n) is 1.17. The number of aromatic nitrogens is 1. The van der Waals surface area contributed by atoms with Crippen molar-refractivity contribution >= 4 is 15.1 Å². The van der Waals surface area contributed by atoms with Crippen LogP contribution >= 0.6 is 0 Å². The van der Waals surface area contributed by atoms with Crippen molar-refractivity contribution in [2.75, 3.05) is 0 Å². The van der Waals surface area contributed by atoms with Gasteiger partial charge < -0.3 is 0 Å². The van der Waals surface area contributed by atoms with Gasteiger partial charge in [0.2, 0.25) is 0 Å². The van der Waals surface area contributed by atoms with Gasteiger partial charge in [0, 0.05) is 0 Å². The Labute approximate surface area is 75.1 Å². The Bertz CT molecular complexity index is 379. The third-order valence-electron chi connectivity index (χ3n) is 1.72. The molecule has 11 heavy (non-hydrogen) atoms. The molecule has 0 fully saturated rings. The number of fused-ring (bicyclic) bond motifs is 1. The molecule has 0 amide bonds. The molecule has 2 rings (SSSR count). The Morgan fingerprint density at radius 3 is 2.73 bits per heavy atom. The molecule has 0 spiro atoms. The van der Waals surface area contributed by atoms with Gasteiger partial charge in [0.1, 0.15) is 0 Å². The van der Waals surface area contributed by atoms with Crippen LogP contribution in [0.25, 0.3) is 10.9 Å². The Morgan fingerprint density at radius 1 is 1.09 bits per heavy atom. The first-order valence-electron chi connectivity index (χ1n) is 3.53. The summed E-state index contributed by atoms with van der Waals surface area (Å²) in [5, 5.41) is 1.25. The van der Waals surface area contributed by atoms with E-state index in [1.165, 1.54) is 27.8 Å². The van der Waals surface area contributed by atoms with Crippen molar-refractivity contribution in [3.05, 3.63) is 36.5 Å². The van der Waals surface area contributed by atoms with Gasteiger partial charge in [0.25, 0.3) is 0 Å². The second-order valence-electron chi connectivity index (χ2n) is 2.49. The molecule has 1 aromatic carbocycles. The Hall–Kier alpha value is -0.747. The topological polar surface area (TPSA) is 12.9 Å². The average Bonchev–Trinajstić information content (AvgIpc) is 2.06. The van der Waals surface area contributed by atoms with E-state index in [0.717, 1.165) is 5.52 Å². The SMILES string of the molecule is [Zn][c]1cccc2cccnc12. The molecule has 0 saturated heterocycles. The van der Waals surface area contributed by atoms with E-state index in [1.807, 2.05) is 12.3 Å². The third kappa shape index (κ3) is 1.19. The second-order valence-corrected chi connectivity index (χ2v) is 4.09. The quantitative estimate of drug-likeness (QED) is 0.577. The maximum absolute atomic E-state index is 4.31. The van der Waals surface area contributed by atoms with E-state index in [1.54, 1.807) is 0 Å². The Balaban J connectivity index is 2.91. The zero-order chi connectivity index (χ0) is 7.68. The first-order valence-corrected chi connectivity index (χ1v) is 5.02. The first kappa shape index (κ1) is 6.93. The molecule has 1 aromatic heterocycles. The summed E-state index contributed by atoms with van der Waals surface area (Å²) in [5.41, 5.74) is 1.16. The van der Waals surface area contributed by atoms with Crippen molar-refractivity contribution < 1.29 is 18.3 Å². The van der Waals surface area contributed by atoms with Gasteiger partial charge in [-0.3, -0.25) is 0 Å². The second kappa shape index (κ2) is 2.71. The summed E-state index contributed by atoms with van der Waals surface area (Å²) in [4.78, 5) is 4.31. The van der Waals surface area contributed by atoms with Crippen LogP contribution in [-0.4, -0.2) is 4.98 Å². The summed E-state index contributed by atoms with van der Waals surface area (Å²) in [6.45, 7) is 0. The van der Waals surface area contributed by atoms with Crippen LogP contribution in [0.1, 0.15) is 0 Å². The van der Waals surface area contributed by atoms with Gasteiger partial charge in [-0.15, -0.1) is 0 Å². The molecule has 0 atom stereocenters. The molecule has 0 unspecified atom stereocenters. The molecule has 0 N–H and O–H groups in total. The number of para-hydroxylation sites is 1. The zero-order valence-corrected chi connectivity index (χ0v) is 9.09. The fraction of sp³-hybridized carbons (Fsp3) is 0. The molecule has 1 nitrogen and oxygen atoms in total. The predicted octanol–water partition coefficient (Wildman–Crippen LogP) is 1.41. The van der Waals surface area contributed by atoms with Gasteiger partial charge >= 0.3 is 74.9 Å². The summed E-state index contributed by atoms with van der Waals surface area (Å²) in [6.07, 6.45) is 1.85. The van der Waals surface area contributed by atoms with Crippen LogP contribution in [0.4, 0.5) is 0 Å². The van der Waals surface area contributed by atoms with E-state index in [9.17, 15) is 0 Å². The van der Waals surface area contributed by atoms with Gasteiger partial charge in [-0.1, -0.05) is 0 Å². The van der Waals surface area contributed by atoms with Gasteiger partial charge in [-0.2, -0.15) is 0 Å². The monoisotopic (exact) mass is 192 g/mol. The van der Waals surface area contributed by atoms with E-state index in [0.29, 0.717) is 0 Å². The van der Waals surface area contributed by atoms with Crippen molar-refractivity contribution in [1.29, 1.82) is 0 Å². The van der Waals surface area contributed by atoms with E-state index in [2.05, 4.69) is 29.2 Å². The zero-order valence-electron chi connectivity index (χ0n) is 6.12. The van der Waals surface area contributed by atoms with E-state index in [4.69, 9.17) is 0 Å². The summed E-state index contributed by atoms with van der Waals surface area (Å²) in [6, 6.07) is 10.4. The summed E-state index contributed by atoms with van der Waals surface area (Å²) in [5.74, 6) is 0. The summed E-state index contributed by atoms with van der Waals surface area (Å²) >= 11 is 1.17. The van der Waals surface area contributed by atoms with Crippen LogP contribution in [-0.2, 0) is 18.3 Å². The van der Waals surface area contributed by atoms with Crippen molar-refractivity contribution in [3.63, 3.8) is 0 Å². The number of hydrogen-bond donors (Lipinski definition) is 0. The average molecular weight is 194 g/mol. The normalized spacial score (nSPS) is 10.4. The van der Waals surface area contributed by atoms with E-state index < -0.39 is 0 Å². The molecule has 2 aromatic rings. The Kier molecular flexibility index (Phi) is 1.71. The van der Waals surface area contributed by atoms with Crippen LogP contribution in [0.2, 0.25) is 0 Å². The molecule has 1 heterocycles. The van der Waals surface area contributed by atoms with E-state index >= 15 is 0 Å².